The Kier molecular flexibility index (Phi) is 7.65. The summed E-state index contributed by atoms with van der Waals surface area (Å²) >= 11 is 3.36. The number of hydrogen-bond donors (Lipinski definition) is 2. The average Bonchev–Trinajstić information content (AvgIpc) is 3.18. The predicted molar refractivity (Wildman–Crippen MR) is 124 cm³/mol. The highest BCUT2D eigenvalue weighted by Crippen LogP contribution is 2.26. The number of aryl methyl sites for hydroxylation is 1. The third-order valence-corrected chi connectivity index (χ3v) is 6.75. The third kappa shape index (κ3) is 6.18. The van der Waals surface area contributed by atoms with Gasteiger partial charge in [0.15, 0.2) is 0 Å². The lowest BCUT2D eigenvalue weighted by Crippen LogP contribution is -2.26. The SMILES string of the molecule is CCC(=O)Nc1ccc(C(C)NC(=O)c2ccc(CSc3nc(C)cs3)cc2)cc1. The molecule has 1 heterocycles. The van der Waals surface area contributed by atoms with Gasteiger partial charge in [-0.2, -0.15) is 0 Å². The maximum Gasteiger partial charge on any atom is 0.251 e. The lowest BCUT2D eigenvalue weighted by atomic mass is 10.1. The minimum absolute atomic E-state index is 0.0206. The van der Waals surface area contributed by atoms with Gasteiger partial charge in [-0.05, 0) is 49.2 Å². The Morgan fingerprint density at radius 2 is 1.80 bits per heavy atom. The monoisotopic (exact) mass is 439 g/mol. The highest BCUT2D eigenvalue weighted by atomic mass is 32.2. The second kappa shape index (κ2) is 10.4. The molecule has 2 N–H and O–H groups in total. The predicted octanol–water partition coefficient (Wildman–Crippen LogP) is 5.58. The van der Waals surface area contributed by atoms with Crippen LogP contribution in [0.3, 0.4) is 0 Å². The highest BCUT2D eigenvalue weighted by molar-refractivity contribution is 8.00. The zero-order valence-electron chi connectivity index (χ0n) is 17.3. The van der Waals surface area contributed by atoms with Crippen LogP contribution in [0.15, 0.2) is 58.3 Å². The standard InChI is InChI=1S/C23H25N3O2S2/c1-4-21(27)26-20-11-9-18(10-12-20)16(3)25-22(28)19-7-5-17(6-8-19)14-30-23-24-15(2)13-29-23/h5-13,16H,4,14H2,1-3H3,(H,25,28)(H,26,27). The molecule has 3 aromatic rings. The summed E-state index contributed by atoms with van der Waals surface area (Å²) in [6, 6.07) is 15.1. The Morgan fingerprint density at radius 3 is 2.40 bits per heavy atom. The first-order valence-electron chi connectivity index (χ1n) is 9.79. The first-order valence-corrected chi connectivity index (χ1v) is 11.7. The molecule has 0 saturated heterocycles. The van der Waals surface area contributed by atoms with E-state index in [4.69, 9.17) is 0 Å². The van der Waals surface area contributed by atoms with Crippen LogP contribution in [0.4, 0.5) is 5.69 Å². The van der Waals surface area contributed by atoms with E-state index in [1.807, 2.05) is 74.7 Å². The molecule has 1 atom stereocenters. The van der Waals surface area contributed by atoms with Gasteiger partial charge in [0, 0.05) is 34.5 Å². The Bertz CT molecular complexity index is 998. The fourth-order valence-electron chi connectivity index (χ4n) is 2.76. The number of nitrogens with zero attached hydrogens (tertiary/aromatic N) is 1. The smallest absolute Gasteiger partial charge is 0.251 e. The van der Waals surface area contributed by atoms with E-state index in [1.165, 1.54) is 0 Å². The molecular weight excluding hydrogens is 414 g/mol. The van der Waals surface area contributed by atoms with Gasteiger partial charge in [0.25, 0.3) is 5.91 Å². The second-order valence-corrected chi connectivity index (χ2v) is 9.04. The molecule has 156 valence electrons. The third-order valence-electron chi connectivity index (χ3n) is 4.54. The molecule has 1 aromatic heterocycles. The van der Waals surface area contributed by atoms with Crippen molar-refractivity contribution in [3.63, 3.8) is 0 Å². The molecule has 0 radical (unpaired) electrons. The maximum absolute atomic E-state index is 12.6. The van der Waals surface area contributed by atoms with Crippen LogP contribution in [-0.4, -0.2) is 16.8 Å². The van der Waals surface area contributed by atoms with Gasteiger partial charge in [-0.15, -0.1) is 11.3 Å². The van der Waals surface area contributed by atoms with E-state index < -0.39 is 0 Å². The lowest BCUT2D eigenvalue weighted by molar-refractivity contribution is -0.115. The maximum atomic E-state index is 12.6. The molecule has 1 unspecified atom stereocenters. The number of benzene rings is 2. The zero-order chi connectivity index (χ0) is 21.5. The van der Waals surface area contributed by atoms with Gasteiger partial charge in [-0.1, -0.05) is 43.0 Å². The van der Waals surface area contributed by atoms with Gasteiger partial charge in [0.1, 0.15) is 4.34 Å². The first-order chi connectivity index (χ1) is 14.4. The molecule has 0 spiro atoms. The summed E-state index contributed by atoms with van der Waals surface area (Å²) in [6.07, 6.45) is 0.441. The van der Waals surface area contributed by atoms with E-state index in [1.54, 1.807) is 23.1 Å². The van der Waals surface area contributed by atoms with Crippen molar-refractivity contribution in [2.24, 2.45) is 0 Å². The molecule has 2 aromatic carbocycles. The second-order valence-electron chi connectivity index (χ2n) is 6.96. The number of thioether (sulfide) groups is 1. The van der Waals surface area contributed by atoms with Crippen molar-refractivity contribution in [3.8, 4) is 0 Å². The van der Waals surface area contributed by atoms with Crippen molar-refractivity contribution >= 4 is 40.6 Å². The minimum atomic E-state index is -0.142. The van der Waals surface area contributed by atoms with Crippen LogP contribution < -0.4 is 10.6 Å². The molecular formula is C23H25N3O2S2. The molecule has 0 bridgehead atoms. The largest absolute Gasteiger partial charge is 0.346 e. The fraction of sp³-hybridized carbons (Fsp3) is 0.261. The molecule has 2 amide bonds. The van der Waals surface area contributed by atoms with Crippen molar-refractivity contribution in [3.05, 3.63) is 76.3 Å². The van der Waals surface area contributed by atoms with Crippen molar-refractivity contribution in [1.82, 2.24) is 10.3 Å². The molecule has 30 heavy (non-hydrogen) atoms. The summed E-state index contributed by atoms with van der Waals surface area (Å²) in [5.41, 5.74) is 4.56. The van der Waals surface area contributed by atoms with Crippen LogP contribution in [0.2, 0.25) is 0 Å². The Balaban J connectivity index is 1.53. The molecule has 0 saturated carbocycles. The van der Waals surface area contributed by atoms with Crippen LogP contribution in [0.5, 0.6) is 0 Å². The highest BCUT2D eigenvalue weighted by Gasteiger charge is 2.12. The van der Waals surface area contributed by atoms with Gasteiger partial charge in [-0.3, -0.25) is 9.59 Å². The normalized spacial score (nSPS) is 11.7. The number of nitrogens with one attached hydrogen (secondary N) is 2. The van der Waals surface area contributed by atoms with Crippen LogP contribution in [0, 0.1) is 6.92 Å². The van der Waals surface area contributed by atoms with Gasteiger partial charge in [0.2, 0.25) is 5.91 Å². The number of thiazole rings is 1. The fourth-order valence-corrected chi connectivity index (χ4v) is 4.57. The van der Waals surface area contributed by atoms with Crippen LogP contribution >= 0.6 is 23.1 Å². The van der Waals surface area contributed by atoms with Crippen molar-refractivity contribution in [1.29, 1.82) is 0 Å². The zero-order valence-corrected chi connectivity index (χ0v) is 18.9. The number of aromatic nitrogens is 1. The number of rotatable bonds is 8. The number of carbonyl (C=O) groups excluding carboxylic acids is 2. The average molecular weight is 440 g/mol. The molecule has 0 aliphatic carbocycles. The van der Waals surface area contributed by atoms with Gasteiger partial charge in [0.05, 0.1) is 6.04 Å². The Morgan fingerprint density at radius 1 is 1.10 bits per heavy atom. The summed E-state index contributed by atoms with van der Waals surface area (Å²) < 4.78 is 1.06. The number of anilines is 1. The van der Waals surface area contributed by atoms with E-state index in [0.717, 1.165) is 32.6 Å². The minimum Gasteiger partial charge on any atom is -0.346 e. The quantitative estimate of drug-likeness (QED) is 0.449. The van der Waals surface area contributed by atoms with Crippen molar-refractivity contribution in [2.75, 3.05) is 5.32 Å². The summed E-state index contributed by atoms with van der Waals surface area (Å²) in [4.78, 5) is 28.5. The van der Waals surface area contributed by atoms with Crippen LogP contribution in [0.1, 0.15) is 53.5 Å². The summed E-state index contributed by atoms with van der Waals surface area (Å²) in [5.74, 6) is 0.694. The van der Waals surface area contributed by atoms with E-state index in [2.05, 4.69) is 15.6 Å². The molecule has 0 aliphatic rings. The molecule has 0 fully saturated rings. The Labute approximate surface area is 185 Å². The van der Waals surface area contributed by atoms with Gasteiger partial charge < -0.3 is 10.6 Å². The van der Waals surface area contributed by atoms with Gasteiger partial charge in [-0.25, -0.2) is 4.98 Å². The number of hydrogen-bond acceptors (Lipinski definition) is 5. The van der Waals surface area contributed by atoms with Crippen molar-refractivity contribution in [2.45, 2.75) is 43.3 Å². The van der Waals surface area contributed by atoms with E-state index in [0.29, 0.717) is 12.0 Å². The molecule has 3 rings (SSSR count). The topological polar surface area (TPSA) is 71.1 Å². The summed E-state index contributed by atoms with van der Waals surface area (Å²) in [5, 5.41) is 7.89. The molecule has 7 heteroatoms. The summed E-state index contributed by atoms with van der Waals surface area (Å²) in [7, 11) is 0. The van der Waals surface area contributed by atoms with E-state index in [-0.39, 0.29) is 17.9 Å². The van der Waals surface area contributed by atoms with Crippen LogP contribution in [-0.2, 0) is 10.5 Å². The first kappa shape index (κ1) is 22.1. The number of carbonyl (C=O) groups is 2. The van der Waals surface area contributed by atoms with E-state index in [9.17, 15) is 9.59 Å². The van der Waals surface area contributed by atoms with Gasteiger partial charge >= 0.3 is 0 Å². The summed E-state index contributed by atoms with van der Waals surface area (Å²) in [6.45, 7) is 5.75. The molecule has 5 nitrogen and oxygen atoms in total. The van der Waals surface area contributed by atoms with Crippen molar-refractivity contribution < 1.29 is 9.59 Å². The number of amides is 2. The Hall–Kier alpha value is -2.64. The molecule has 0 aliphatic heterocycles. The van der Waals surface area contributed by atoms with E-state index >= 15 is 0 Å². The lowest BCUT2D eigenvalue weighted by Gasteiger charge is -2.15. The van der Waals surface area contributed by atoms with Crippen LogP contribution in [0.25, 0.3) is 0 Å².